The van der Waals surface area contributed by atoms with Gasteiger partial charge >= 0.3 is 6.18 Å². The highest BCUT2D eigenvalue weighted by atomic mass is 19.4. The molecule has 2 aromatic heterocycles. The van der Waals surface area contributed by atoms with Gasteiger partial charge in [-0.2, -0.15) is 13.2 Å². The summed E-state index contributed by atoms with van der Waals surface area (Å²) in [6, 6.07) is 3.92. The van der Waals surface area contributed by atoms with Gasteiger partial charge in [0.05, 0.1) is 11.3 Å². The Kier molecular flexibility index (Phi) is 9.29. The van der Waals surface area contributed by atoms with Crippen LogP contribution in [0.3, 0.4) is 0 Å². The van der Waals surface area contributed by atoms with Crippen LogP contribution in [0.1, 0.15) is 75.8 Å². The van der Waals surface area contributed by atoms with Crippen molar-refractivity contribution in [2.45, 2.75) is 71.9 Å². The average Bonchev–Trinajstić information content (AvgIpc) is 3.17. The summed E-state index contributed by atoms with van der Waals surface area (Å²) in [5.74, 6) is 2.20. The van der Waals surface area contributed by atoms with E-state index in [1.165, 1.54) is 6.08 Å². The Morgan fingerprint density at radius 1 is 1.25 bits per heavy atom. The normalized spacial score (nSPS) is 15.0. The van der Waals surface area contributed by atoms with Gasteiger partial charge in [-0.3, -0.25) is 0 Å². The number of pyridine rings is 1. The van der Waals surface area contributed by atoms with E-state index in [0.717, 1.165) is 48.8 Å². The first-order chi connectivity index (χ1) is 15.2. The highest BCUT2D eigenvalue weighted by molar-refractivity contribution is 5.71. The minimum atomic E-state index is -4.38. The van der Waals surface area contributed by atoms with E-state index in [1.54, 1.807) is 32.2 Å². The molecule has 7 heteroatoms. The molecular formula is C25H32F3N3O. The molecule has 32 heavy (non-hydrogen) atoms. The lowest BCUT2D eigenvalue weighted by Crippen LogP contribution is -2.10. The molecule has 0 amide bonds. The van der Waals surface area contributed by atoms with Crippen molar-refractivity contribution in [2.24, 2.45) is 0 Å². The van der Waals surface area contributed by atoms with E-state index in [-0.39, 0.29) is 5.89 Å². The summed E-state index contributed by atoms with van der Waals surface area (Å²) in [4.78, 5) is 8.36. The van der Waals surface area contributed by atoms with Gasteiger partial charge in [0.15, 0.2) is 0 Å². The van der Waals surface area contributed by atoms with Crippen LogP contribution >= 0.6 is 0 Å². The van der Waals surface area contributed by atoms with E-state index in [2.05, 4.69) is 23.8 Å². The molecule has 2 aromatic rings. The van der Waals surface area contributed by atoms with Crippen molar-refractivity contribution in [3.05, 3.63) is 71.1 Å². The van der Waals surface area contributed by atoms with E-state index in [4.69, 9.17) is 10.2 Å². The first-order valence-corrected chi connectivity index (χ1v) is 11.0. The Hall–Kier alpha value is -2.83. The summed E-state index contributed by atoms with van der Waals surface area (Å²) in [5.41, 5.74) is 7.31. The number of alkyl halides is 3. The van der Waals surface area contributed by atoms with E-state index >= 15 is 0 Å². The maximum absolute atomic E-state index is 13.1. The van der Waals surface area contributed by atoms with Crippen molar-refractivity contribution < 1.29 is 17.6 Å². The molecule has 0 unspecified atom stereocenters. The Balaban J connectivity index is 0.000000303. The number of allylic oxidation sites excluding steroid dienone is 6. The van der Waals surface area contributed by atoms with Gasteiger partial charge in [0.25, 0.3) is 0 Å². The van der Waals surface area contributed by atoms with Gasteiger partial charge in [-0.15, -0.1) is 0 Å². The summed E-state index contributed by atoms with van der Waals surface area (Å²) in [7, 11) is 0. The number of anilines is 1. The van der Waals surface area contributed by atoms with E-state index in [0.29, 0.717) is 23.7 Å². The largest absolute Gasteiger partial charge is 0.441 e. The maximum atomic E-state index is 13.1. The predicted octanol–water partition coefficient (Wildman–Crippen LogP) is 7.20. The number of nitrogen functional groups attached to an aromatic ring is 1. The molecule has 1 aliphatic rings. The number of halogens is 3. The third-order valence-electron chi connectivity index (χ3n) is 4.99. The number of oxazole rings is 1. The van der Waals surface area contributed by atoms with E-state index in [1.807, 2.05) is 12.1 Å². The summed E-state index contributed by atoms with van der Waals surface area (Å²) in [6.07, 6.45) is 6.95. The van der Waals surface area contributed by atoms with Crippen LogP contribution in [0.4, 0.5) is 19.0 Å². The van der Waals surface area contributed by atoms with Crippen molar-refractivity contribution >= 4 is 11.4 Å². The molecule has 0 saturated heterocycles. The third-order valence-corrected chi connectivity index (χ3v) is 4.99. The monoisotopic (exact) mass is 447 g/mol. The number of nitrogens with two attached hydrogens (primary N) is 1. The fraction of sp³-hybridized carbons (Fsp3) is 0.440. The highest BCUT2D eigenvalue weighted by Crippen LogP contribution is 2.32. The Morgan fingerprint density at radius 2 is 1.97 bits per heavy atom. The van der Waals surface area contributed by atoms with Crippen LogP contribution in [-0.4, -0.2) is 16.1 Å². The second-order valence-electron chi connectivity index (χ2n) is 7.89. The zero-order valence-electron chi connectivity index (χ0n) is 19.2. The number of fused-ring (bicyclic) bond motifs is 1. The summed E-state index contributed by atoms with van der Waals surface area (Å²) >= 11 is 0. The van der Waals surface area contributed by atoms with Crippen LogP contribution in [0.15, 0.2) is 52.6 Å². The maximum Gasteiger partial charge on any atom is 0.416 e. The summed E-state index contributed by atoms with van der Waals surface area (Å²) in [5, 5.41) is 0. The quantitative estimate of drug-likeness (QED) is 0.492. The average molecular weight is 448 g/mol. The fourth-order valence-corrected chi connectivity index (χ4v) is 3.40. The Morgan fingerprint density at radius 3 is 2.50 bits per heavy atom. The molecule has 0 atom stereocenters. The van der Waals surface area contributed by atoms with Gasteiger partial charge in [0.2, 0.25) is 5.89 Å². The van der Waals surface area contributed by atoms with Crippen LogP contribution in [0.2, 0.25) is 0 Å². The molecule has 0 radical (unpaired) electrons. The molecule has 4 nitrogen and oxygen atoms in total. The van der Waals surface area contributed by atoms with Crippen molar-refractivity contribution in [2.75, 3.05) is 5.73 Å². The highest BCUT2D eigenvalue weighted by Gasteiger charge is 2.32. The Labute approximate surface area is 188 Å². The van der Waals surface area contributed by atoms with Crippen molar-refractivity contribution in [3.63, 3.8) is 0 Å². The number of rotatable bonds is 5. The molecule has 3 rings (SSSR count). The summed E-state index contributed by atoms with van der Waals surface area (Å²) < 4.78 is 44.9. The van der Waals surface area contributed by atoms with Gasteiger partial charge in [-0.25, -0.2) is 9.97 Å². The molecular weight excluding hydrogens is 415 g/mol. The lowest BCUT2D eigenvalue weighted by Gasteiger charge is -2.08. The van der Waals surface area contributed by atoms with E-state index in [9.17, 15) is 13.2 Å². The minimum Gasteiger partial charge on any atom is -0.441 e. The molecule has 2 heterocycles. The second-order valence-corrected chi connectivity index (χ2v) is 7.89. The van der Waals surface area contributed by atoms with Gasteiger partial charge < -0.3 is 10.2 Å². The zero-order chi connectivity index (χ0) is 23.7. The Bertz CT molecular complexity index is 946. The van der Waals surface area contributed by atoms with Crippen molar-refractivity contribution in [1.29, 1.82) is 0 Å². The van der Waals surface area contributed by atoms with Gasteiger partial charge in [0, 0.05) is 18.2 Å². The SMILES string of the molecule is CC(C)c1cccnc1N.C\C=C/C(=C\C(=C\CC)C(F)(F)F)c1nc2c(o1)CCCC2. The zero-order valence-corrected chi connectivity index (χ0v) is 19.2. The molecule has 2 N–H and O–H groups in total. The molecule has 0 fully saturated rings. The van der Waals surface area contributed by atoms with Gasteiger partial charge in [-0.1, -0.05) is 45.1 Å². The molecule has 0 saturated carbocycles. The smallest absolute Gasteiger partial charge is 0.416 e. The molecule has 0 aromatic carbocycles. The molecule has 0 bridgehead atoms. The molecule has 174 valence electrons. The lowest BCUT2D eigenvalue weighted by atomic mass is 10.0. The number of aromatic nitrogens is 2. The first kappa shape index (κ1) is 25.4. The molecule has 1 aliphatic carbocycles. The minimum absolute atomic E-state index is 0.274. The van der Waals surface area contributed by atoms with Crippen LogP contribution < -0.4 is 5.73 Å². The molecule has 0 aliphatic heterocycles. The van der Waals surface area contributed by atoms with Crippen molar-refractivity contribution in [1.82, 2.24) is 9.97 Å². The first-order valence-electron chi connectivity index (χ1n) is 11.0. The topological polar surface area (TPSA) is 64.9 Å². The fourth-order valence-electron chi connectivity index (χ4n) is 3.40. The number of aryl methyl sites for hydroxylation is 2. The molecule has 0 spiro atoms. The van der Waals surface area contributed by atoms with Crippen molar-refractivity contribution in [3.8, 4) is 0 Å². The standard InChI is InChI=1S/C17H20F3NO.C8H12N2/c1-3-7-12(11-13(8-4-2)17(18,19)20)16-21-14-9-5-6-10-15(14)22-16;1-6(2)7-4-3-5-10-8(7)9/h3,7-8,11H,4-6,9-10H2,1-2H3;3-6H,1-2H3,(H2,9,10)/b7-3-,12-11+,13-8-;. The summed E-state index contributed by atoms with van der Waals surface area (Å²) in [6.45, 7) is 7.65. The number of hydrogen-bond donors (Lipinski definition) is 1. The predicted molar refractivity (Wildman–Crippen MR) is 123 cm³/mol. The van der Waals surface area contributed by atoms with Gasteiger partial charge in [0.1, 0.15) is 11.6 Å². The van der Waals surface area contributed by atoms with Gasteiger partial charge in [-0.05, 0) is 56.2 Å². The van der Waals surface area contributed by atoms with Crippen LogP contribution in [0.5, 0.6) is 0 Å². The third kappa shape index (κ3) is 7.11. The number of hydrogen-bond acceptors (Lipinski definition) is 4. The van der Waals surface area contributed by atoms with Crippen LogP contribution in [0, 0.1) is 0 Å². The van der Waals surface area contributed by atoms with Crippen LogP contribution in [-0.2, 0) is 12.8 Å². The number of nitrogens with zero attached hydrogens (tertiary/aromatic N) is 2. The second kappa shape index (κ2) is 11.7. The lowest BCUT2D eigenvalue weighted by molar-refractivity contribution is -0.0883. The van der Waals surface area contributed by atoms with Crippen LogP contribution in [0.25, 0.3) is 5.57 Å². The van der Waals surface area contributed by atoms with E-state index < -0.39 is 11.7 Å².